The predicted molar refractivity (Wildman–Crippen MR) is 165 cm³/mol. The molecule has 0 bridgehead atoms. The van der Waals surface area contributed by atoms with E-state index in [2.05, 4.69) is 15.5 Å². The second-order valence-electron chi connectivity index (χ2n) is 10.5. The monoisotopic (exact) mass is 602 g/mol. The molecule has 0 saturated carbocycles. The molecular weight excluding hydrogens is 564 g/mol. The number of esters is 2. The molecule has 11 nitrogen and oxygen atoms in total. The maximum absolute atomic E-state index is 13.4. The molecule has 3 aromatic rings. The van der Waals surface area contributed by atoms with Crippen molar-refractivity contribution in [2.24, 2.45) is 0 Å². The molecule has 2 N–H and O–H groups in total. The Morgan fingerprint density at radius 3 is 2.25 bits per heavy atom. The smallest absolute Gasteiger partial charge is 0.336 e. The zero-order chi connectivity index (χ0) is 31.6. The standard InChI is InChI=1S/C33H38N4O7/c1-5-42-32(38)29-22(3)34-23(4)30(31(29)24-14-12-15-25(19-24)37(40)41)33(39)44-18-11-7-6-10-17-43-28-20-27(35-36-28)26-16-9-8-13-21(26)2/h8-9,12-16,19-20,31,34H,5-7,10-11,17-18H2,1-4H3,(H,35,36). The molecule has 0 aliphatic carbocycles. The summed E-state index contributed by atoms with van der Waals surface area (Å²) < 4.78 is 16.7. The van der Waals surface area contributed by atoms with Crippen LogP contribution in [0.5, 0.6) is 5.88 Å². The summed E-state index contributed by atoms with van der Waals surface area (Å²) >= 11 is 0. The van der Waals surface area contributed by atoms with Gasteiger partial charge < -0.3 is 19.5 Å². The van der Waals surface area contributed by atoms with Gasteiger partial charge in [-0.3, -0.25) is 15.2 Å². The topological polar surface area (TPSA) is 146 Å². The number of allylic oxidation sites excluding steroid dienone is 2. The molecular formula is C33H38N4O7. The first-order chi connectivity index (χ1) is 21.2. The lowest BCUT2D eigenvalue weighted by Gasteiger charge is -2.30. The Balaban J connectivity index is 1.31. The number of non-ortho nitro benzene ring substituents is 1. The van der Waals surface area contributed by atoms with Gasteiger partial charge in [0.1, 0.15) is 0 Å². The minimum absolute atomic E-state index is 0.140. The molecule has 44 heavy (non-hydrogen) atoms. The van der Waals surface area contributed by atoms with Crippen molar-refractivity contribution in [2.75, 3.05) is 19.8 Å². The summed E-state index contributed by atoms with van der Waals surface area (Å²) in [7, 11) is 0. The number of dihydropyridines is 1. The quantitative estimate of drug-likeness (QED) is 0.0943. The summed E-state index contributed by atoms with van der Waals surface area (Å²) in [6, 6.07) is 15.9. The first-order valence-electron chi connectivity index (χ1n) is 14.7. The number of aryl methyl sites for hydroxylation is 1. The Morgan fingerprint density at radius 1 is 0.886 bits per heavy atom. The third-order valence-corrected chi connectivity index (χ3v) is 7.40. The minimum Gasteiger partial charge on any atom is -0.477 e. The highest BCUT2D eigenvalue weighted by Gasteiger charge is 2.38. The number of carbonyl (C=O) groups excluding carboxylic acids is 2. The second kappa shape index (κ2) is 15.0. The van der Waals surface area contributed by atoms with Crippen LogP contribution in [-0.4, -0.2) is 46.9 Å². The average molecular weight is 603 g/mol. The number of nitro benzene ring substituents is 1. The number of rotatable bonds is 14. The lowest BCUT2D eigenvalue weighted by molar-refractivity contribution is -0.384. The summed E-state index contributed by atoms with van der Waals surface area (Å²) in [5.74, 6) is -1.53. The molecule has 4 rings (SSSR count). The van der Waals surface area contributed by atoms with E-state index in [-0.39, 0.29) is 30.0 Å². The number of benzene rings is 2. The van der Waals surface area contributed by atoms with Gasteiger partial charge >= 0.3 is 11.9 Å². The molecule has 1 unspecified atom stereocenters. The Morgan fingerprint density at radius 2 is 1.57 bits per heavy atom. The molecule has 0 fully saturated rings. The maximum Gasteiger partial charge on any atom is 0.336 e. The number of nitro groups is 1. The highest BCUT2D eigenvalue weighted by molar-refractivity contribution is 6.00. The molecule has 1 aromatic heterocycles. The number of carbonyl (C=O) groups is 2. The van der Waals surface area contributed by atoms with E-state index in [1.54, 1.807) is 26.8 Å². The zero-order valence-electron chi connectivity index (χ0n) is 25.5. The van der Waals surface area contributed by atoms with Gasteiger partial charge in [0.15, 0.2) is 0 Å². The van der Waals surface area contributed by atoms with Gasteiger partial charge in [0, 0.05) is 35.2 Å². The molecule has 1 aliphatic heterocycles. The molecule has 232 valence electrons. The average Bonchev–Trinajstić information content (AvgIpc) is 3.47. The second-order valence-corrected chi connectivity index (χ2v) is 10.5. The van der Waals surface area contributed by atoms with Crippen LogP contribution in [0, 0.1) is 17.0 Å². The number of aromatic amines is 1. The number of hydrogen-bond donors (Lipinski definition) is 2. The molecule has 1 aliphatic rings. The Hall–Kier alpha value is -4.93. The Bertz CT molecular complexity index is 1570. The van der Waals surface area contributed by atoms with Gasteiger partial charge in [-0.25, -0.2) is 9.59 Å². The predicted octanol–water partition coefficient (Wildman–Crippen LogP) is 6.27. The van der Waals surface area contributed by atoms with Gasteiger partial charge in [0.25, 0.3) is 5.69 Å². The van der Waals surface area contributed by atoms with Gasteiger partial charge in [0.05, 0.1) is 47.5 Å². The van der Waals surface area contributed by atoms with Crippen LogP contribution in [0.1, 0.15) is 63.5 Å². The van der Waals surface area contributed by atoms with Crippen LogP contribution < -0.4 is 10.1 Å². The first-order valence-corrected chi connectivity index (χ1v) is 14.7. The van der Waals surface area contributed by atoms with Crippen molar-refractivity contribution in [3.8, 4) is 17.1 Å². The molecule has 11 heteroatoms. The van der Waals surface area contributed by atoms with Crippen LogP contribution >= 0.6 is 0 Å². The van der Waals surface area contributed by atoms with E-state index in [9.17, 15) is 19.7 Å². The maximum atomic E-state index is 13.4. The van der Waals surface area contributed by atoms with Crippen LogP contribution in [0.25, 0.3) is 11.3 Å². The van der Waals surface area contributed by atoms with Crippen molar-refractivity contribution in [3.63, 3.8) is 0 Å². The molecule has 2 aromatic carbocycles. The number of ether oxygens (including phenoxy) is 3. The van der Waals surface area contributed by atoms with Crippen molar-refractivity contribution in [1.82, 2.24) is 15.5 Å². The largest absolute Gasteiger partial charge is 0.477 e. The normalized spacial score (nSPS) is 14.7. The highest BCUT2D eigenvalue weighted by atomic mass is 16.6. The van der Waals surface area contributed by atoms with Gasteiger partial charge in [-0.05, 0) is 64.5 Å². The number of hydrogen-bond acceptors (Lipinski definition) is 9. The van der Waals surface area contributed by atoms with Crippen LogP contribution in [0.15, 0.2) is 77.1 Å². The highest BCUT2D eigenvalue weighted by Crippen LogP contribution is 2.40. The van der Waals surface area contributed by atoms with Gasteiger partial charge in [0.2, 0.25) is 5.88 Å². The van der Waals surface area contributed by atoms with Crippen molar-refractivity contribution in [1.29, 1.82) is 0 Å². The molecule has 0 amide bonds. The minimum atomic E-state index is -0.881. The third kappa shape index (κ3) is 7.71. The van der Waals surface area contributed by atoms with E-state index < -0.39 is 22.8 Å². The molecule has 1 atom stereocenters. The van der Waals surface area contributed by atoms with Gasteiger partial charge in [-0.2, -0.15) is 0 Å². The van der Waals surface area contributed by atoms with Crippen molar-refractivity contribution >= 4 is 17.6 Å². The first kappa shape index (κ1) is 32.0. The SMILES string of the molecule is CCOC(=O)C1=C(C)NC(C)=C(C(=O)OCCCCCCOc2cc(-c3ccccc3C)[nH]n2)C1c1cccc([N+](=O)[O-])c1. The van der Waals surface area contributed by atoms with Crippen molar-refractivity contribution in [2.45, 2.75) is 59.3 Å². The van der Waals surface area contributed by atoms with E-state index in [0.29, 0.717) is 35.9 Å². The van der Waals surface area contributed by atoms with E-state index >= 15 is 0 Å². The molecule has 2 heterocycles. The van der Waals surface area contributed by atoms with Crippen molar-refractivity contribution < 1.29 is 28.7 Å². The van der Waals surface area contributed by atoms with E-state index in [4.69, 9.17) is 14.2 Å². The van der Waals surface area contributed by atoms with E-state index in [1.165, 1.54) is 18.2 Å². The van der Waals surface area contributed by atoms with Crippen molar-refractivity contribution in [3.05, 3.63) is 98.4 Å². The van der Waals surface area contributed by atoms with E-state index in [1.807, 2.05) is 37.3 Å². The van der Waals surface area contributed by atoms with Gasteiger partial charge in [-0.15, -0.1) is 5.10 Å². The summed E-state index contributed by atoms with van der Waals surface area (Å²) in [6.07, 6.45) is 3.16. The Labute approximate surface area is 256 Å². The van der Waals surface area contributed by atoms with Gasteiger partial charge in [-0.1, -0.05) is 36.4 Å². The fourth-order valence-electron chi connectivity index (χ4n) is 5.26. The number of nitrogens with zero attached hydrogens (tertiary/aromatic N) is 2. The van der Waals surface area contributed by atoms with E-state index in [0.717, 1.165) is 36.1 Å². The molecule has 0 saturated heterocycles. The summed E-state index contributed by atoms with van der Waals surface area (Å²) in [5, 5.41) is 21.8. The third-order valence-electron chi connectivity index (χ3n) is 7.40. The summed E-state index contributed by atoms with van der Waals surface area (Å²) in [6.45, 7) is 8.01. The van der Waals surface area contributed by atoms with Crippen LogP contribution in [0.3, 0.4) is 0 Å². The summed E-state index contributed by atoms with van der Waals surface area (Å²) in [5.41, 5.74) is 4.89. The number of H-pyrrole nitrogens is 1. The van der Waals surface area contributed by atoms with Crippen LogP contribution in [0.2, 0.25) is 0 Å². The molecule has 0 spiro atoms. The Kier molecular flexibility index (Phi) is 10.9. The number of unbranched alkanes of at least 4 members (excludes halogenated alkanes) is 3. The summed E-state index contributed by atoms with van der Waals surface area (Å²) in [4.78, 5) is 37.4. The number of aromatic nitrogens is 2. The van der Waals surface area contributed by atoms with Crippen LogP contribution in [0.4, 0.5) is 5.69 Å². The lowest BCUT2D eigenvalue weighted by Crippen LogP contribution is -2.32. The fourth-order valence-corrected chi connectivity index (χ4v) is 5.26. The zero-order valence-corrected chi connectivity index (χ0v) is 25.5. The number of nitrogens with one attached hydrogen (secondary N) is 2. The fraction of sp³-hybridized carbons (Fsp3) is 0.364. The molecule has 0 radical (unpaired) electrons. The van der Waals surface area contributed by atoms with Crippen LogP contribution in [-0.2, 0) is 19.1 Å². The lowest BCUT2D eigenvalue weighted by atomic mass is 9.80.